The fraction of sp³-hybridized carbons (Fsp3) is 0.438. The zero-order valence-corrected chi connectivity index (χ0v) is 13.0. The summed E-state index contributed by atoms with van der Waals surface area (Å²) in [5.74, 6) is 0.706. The minimum atomic E-state index is 0.248. The fourth-order valence-corrected chi connectivity index (χ4v) is 3.69. The van der Waals surface area contributed by atoms with Gasteiger partial charge in [0.2, 0.25) is 5.88 Å². The Morgan fingerprint density at radius 2 is 2.20 bits per heavy atom. The van der Waals surface area contributed by atoms with E-state index in [1.807, 2.05) is 6.07 Å². The first-order valence-electron chi connectivity index (χ1n) is 6.91. The van der Waals surface area contributed by atoms with Crippen molar-refractivity contribution in [3.8, 4) is 5.88 Å². The number of hydrogen-bond acceptors (Lipinski definition) is 4. The van der Waals surface area contributed by atoms with Crippen LogP contribution in [0, 0.1) is 5.41 Å². The molecule has 0 amide bonds. The molecule has 0 aliphatic heterocycles. The standard InChI is InChI=1S/C16H20N2OS/c1-16(2)9-11-6-4-5-7-13(11)15(16)17-10-12-8-14(19-3)18-20-12/h4-8,15,17H,9-10H2,1-3H3. The van der Waals surface area contributed by atoms with Crippen molar-refractivity contribution >= 4 is 11.5 Å². The van der Waals surface area contributed by atoms with E-state index in [0.717, 1.165) is 13.0 Å². The van der Waals surface area contributed by atoms with Crippen LogP contribution in [0.15, 0.2) is 30.3 Å². The molecule has 4 heteroatoms. The highest BCUT2D eigenvalue weighted by molar-refractivity contribution is 7.05. The Bertz CT molecular complexity index is 606. The second kappa shape index (κ2) is 5.19. The van der Waals surface area contributed by atoms with Gasteiger partial charge in [-0.15, -0.1) is 0 Å². The van der Waals surface area contributed by atoms with Crippen LogP contribution in [0.4, 0.5) is 0 Å². The molecular formula is C16H20N2OS. The van der Waals surface area contributed by atoms with Crippen molar-refractivity contribution in [2.24, 2.45) is 5.41 Å². The molecule has 0 saturated heterocycles. The lowest BCUT2D eigenvalue weighted by Crippen LogP contribution is -2.30. The molecule has 1 aliphatic carbocycles. The zero-order chi connectivity index (χ0) is 14.2. The normalized spacial score (nSPS) is 19.9. The number of ether oxygens (including phenoxy) is 1. The molecule has 3 nitrogen and oxygen atoms in total. The molecule has 1 N–H and O–H groups in total. The molecule has 0 spiro atoms. The summed E-state index contributed by atoms with van der Waals surface area (Å²) >= 11 is 1.50. The monoisotopic (exact) mass is 288 g/mol. The van der Waals surface area contributed by atoms with Crippen molar-refractivity contribution < 1.29 is 4.74 Å². The maximum atomic E-state index is 5.14. The average Bonchev–Trinajstić information content (AvgIpc) is 2.97. The number of rotatable bonds is 4. The van der Waals surface area contributed by atoms with Crippen molar-refractivity contribution in [1.29, 1.82) is 0 Å². The topological polar surface area (TPSA) is 34.1 Å². The number of benzene rings is 1. The van der Waals surface area contributed by atoms with Crippen LogP contribution >= 0.6 is 11.5 Å². The molecule has 106 valence electrons. The Morgan fingerprint density at radius 3 is 2.95 bits per heavy atom. The SMILES string of the molecule is COc1cc(CNC2c3ccccc3CC2(C)C)sn1. The van der Waals surface area contributed by atoms with E-state index in [-0.39, 0.29) is 5.41 Å². The molecule has 1 heterocycles. The molecule has 1 atom stereocenters. The quantitative estimate of drug-likeness (QED) is 0.934. The molecule has 0 radical (unpaired) electrons. The van der Waals surface area contributed by atoms with E-state index >= 15 is 0 Å². The summed E-state index contributed by atoms with van der Waals surface area (Å²) in [6, 6.07) is 11.2. The van der Waals surface area contributed by atoms with Crippen molar-refractivity contribution in [3.63, 3.8) is 0 Å². The van der Waals surface area contributed by atoms with Crippen LogP contribution in [0.25, 0.3) is 0 Å². The number of nitrogens with one attached hydrogen (secondary N) is 1. The van der Waals surface area contributed by atoms with E-state index in [0.29, 0.717) is 11.9 Å². The third kappa shape index (κ3) is 2.45. The van der Waals surface area contributed by atoms with Crippen LogP contribution in [0.3, 0.4) is 0 Å². The van der Waals surface area contributed by atoms with Gasteiger partial charge in [-0.05, 0) is 34.5 Å². The van der Waals surface area contributed by atoms with Crippen molar-refractivity contribution in [2.75, 3.05) is 7.11 Å². The van der Waals surface area contributed by atoms with E-state index in [1.165, 1.54) is 27.5 Å². The second-order valence-electron chi connectivity index (χ2n) is 6.01. The van der Waals surface area contributed by atoms with E-state index in [9.17, 15) is 0 Å². The summed E-state index contributed by atoms with van der Waals surface area (Å²) in [6.45, 7) is 5.50. The third-order valence-corrected chi connectivity index (χ3v) is 4.79. The molecule has 3 rings (SSSR count). The summed E-state index contributed by atoms with van der Waals surface area (Å²) in [7, 11) is 1.66. The maximum absolute atomic E-state index is 5.14. The first-order valence-corrected chi connectivity index (χ1v) is 7.68. The zero-order valence-electron chi connectivity index (χ0n) is 12.1. The van der Waals surface area contributed by atoms with Gasteiger partial charge in [0, 0.05) is 23.5 Å². The minimum absolute atomic E-state index is 0.248. The van der Waals surface area contributed by atoms with Gasteiger partial charge in [0.1, 0.15) is 0 Å². The van der Waals surface area contributed by atoms with Crippen LogP contribution in [-0.4, -0.2) is 11.5 Å². The van der Waals surface area contributed by atoms with E-state index in [1.54, 1.807) is 7.11 Å². The van der Waals surface area contributed by atoms with Gasteiger partial charge < -0.3 is 10.1 Å². The smallest absolute Gasteiger partial charge is 0.225 e. The summed E-state index contributed by atoms with van der Waals surface area (Å²) < 4.78 is 9.38. The van der Waals surface area contributed by atoms with Crippen molar-refractivity contribution in [2.45, 2.75) is 32.9 Å². The summed E-state index contributed by atoms with van der Waals surface area (Å²) in [6.07, 6.45) is 1.13. The lowest BCUT2D eigenvalue weighted by molar-refractivity contribution is 0.268. The summed E-state index contributed by atoms with van der Waals surface area (Å²) in [5, 5.41) is 3.70. The van der Waals surface area contributed by atoms with Gasteiger partial charge in [-0.1, -0.05) is 38.1 Å². The fourth-order valence-electron chi connectivity index (χ4n) is 3.05. The highest BCUT2D eigenvalue weighted by atomic mass is 32.1. The van der Waals surface area contributed by atoms with Gasteiger partial charge in [0.05, 0.1) is 7.11 Å². The van der Waals surface area contributed by atoms with Crippen LogP contribution in [-0.2, 0) is 13.0 Å². The van der Waals surface area contributed by atoms with E-state index in [4.69, 9.17) is 4.74 Å². The van der Waals surface area contributed by atoms with Gasteiger partial charge in [0.25, 0.3) is 0 Å². The van der Waals surface area contributed by atoms with Gasteiger partial charge >= 0.3 is 0 Å². The summed E-state index contributed by atoms with van der Waals surface area (Å²) in [4.78, 5) is 1.21. The van der Waals surface area contributed by atoms with E-state index < -0.39 is 0 Å². The van der Waals surface area contributed by atoms with Crippen LogP contribution in [0.2, 0.25) is 0 Å². The molecule has 20 heavy (non-hydrogen) atoms. The predicted octanol–water partition coefficient (Wildman–Crippen LogP) is 3.56. The molecular weight excluding hydrogens is 268 g/mol. The first kappa shape index (κ1) is 13.6. The maximum Gasteiger partial charge on any atom is 0.225 e. The second-order valence-corrected chi connectivity index (χ2v) is 6.90. The lowest BCUT2D eigenvalue weighted by atomic mass is 9.85. The first-order chi connectivity index (χ1) is 9.60. The molecule has 1 aromatic carbocycles. The van der Waals surface area contributed by atoms with Gasteiger partial charge in [-0.2, -0.15) is 4.37 Å². The molecule has 1 aromatic heterocycles. The molecule has 1 unspecified atom stereocenters. The van der Waals surface area contributed by atoms with E-state index in [2.05, 4.69) is 47.8 Å². The third-order valence-electron chi connectivity index (χ3n) is 4.02. The Balaban J connectivity index is 1.76. The van der Waals surface area contributed by atoms with Crippen LogP contribution in [0.1, 0.15) is 35.9 Å². The van der Waals surface area contributed by atoms with Crippen molar-refractivity contribution in [3.05, 3.63) is 46.3 Å². The predicted molar refractivity (Wildman–Crippen MR) is 82.2 cm³/mol. The largest absolute Gasteiger partial charge is 0.480 e. The lowest BCUT2D eigenvalue weighted by Gasteiger charge is -2.28. The minimum Gasteiger partial charge on any atom is -0.480 e. The van der Waals surface area contributed by atoms with Crippen LogP contribution in [0.5, 0.6) is 5.88 Å². The summed E-state index contributed by atoms with van der Waals surface area (Å²) in [5.41, 5.74) is 3.16. The number of hydrogen-bond donors (Lipinski definition) is 1. The Kier molecular flexibility index (Phi) is 3.52. The number of nitrogens with zero attached hydrogens (tertiary/aromatic N) is 1. The Labute approximate surface area is 124 Å². The number of aromatic nitrogens is 1. The Morgan fingerprint density at radius 1 is 1.40 bits per heavy atom. The van der Waals surface area contributed by atoms with Crippen molar-refractivity contribution in [1.82, 2.24) is 9.69 Å². The highest BCUT2D eigenvalue weighted by Gasteiger charge is 2.38. The number of methoxy groups -OCH3 is 1. The van der Waals surface area contributed by atoms with Gasteiger partial charge in [-0.3, -0.25) is 0 Å². The Hall–Kier alpha value is -1.39. The molecule has 1 aliphatic rings. The molecule has 0 saturated carbocycles. The average molecular weight is 288 g/mol. The molecule has 0 bridgehead atoms. The van der Waals surface area contributed by atoms with Crippen LogP contribution < -0.4 is 10.1 Å². The van der Waals surface area contributed by atoms with Gasteiger partial charge in [-0.25, -0.2) is 0 Å². The number of fused-ring (bicyclic) bond motifs is 1. The molecule has 2 aromatic rings. The highest BCUT2D eigenvalue weighted by Crippen LogP contribution is 2.45. The van der Waals surface area contributed by atoms with Gasteiger partial charge in [0.15, 0.2) is 0 Å². The molecule has 0 fully saturated rings.